The molecule has 7 heteroatoms. The van der Waals surface area contributed by atoms with E-state index >= 15 is 0 Å². The van der Waals surface area contributed by atoms with E-state index in [2.05, 4.69) is 27.4 Å². The van der Waals surface area contributed by atoms with Gasteiger partial charge in [-0.1, -0.05) is 0 Å². The van der Waals surface area contributed by atoms with Gasteiger partial charge in [-0.2, -0.15) is 10.2 Å². The summed E-state index contributed by atoms with van der Waals surface area (Å²) in [6, 6.07) is 2.04. The molecular weight excluding hydrogens is 280 g/mol. The van der Waals surface area contributed by atoms with Crippen molar-refractivity contribution in [3.05, 3.63) is 41.6 Å². The van der Waals surface area contributed by atoms with Crippen LogP contribution in [0.3, 0.4) is 0 Å². The van der Waals surface area contributed by atoms with Crippen molar-refractivity contribution in [3.63, 3.8) is 0 Å². The third-order valence-corrected chi connectivity index (χ3v) is 3.70. The van der Waals surface area contributed by atoms with E-state index in [1.54, 1.807) is 10.9 Å². The van der Waals surface area contributed by atoms with Gasteiger partial charge in [-0.05, 0) is 20.8 Å². The van der Waals surface area contributed by atoms with Gasteiger partial charge in [-0.25, -0.2) is 9.50 Å². The summed E-state index contributed by atoms with van der Waals surface area (Å²) >= 11 is 0. The van der Waals surface area contributed by atoms with Gasteiger partial charge in [0.2, 0.25) is 0 Å². The number of aliphatic hydroxyl groups is 1. The summed E-state index contributed by atoms with van der Waals surface area (Å²) in [4.78, 5) is 4.47. The minimum Gasteiger partial charge on any atom is -0.394 e. The number of anilines is 1. The lowest BCUT2D eigenvalue weighted by Gasteiger charge is -2.16. The van der Waals surface area contributed by atoms with E-state index in [9.17, 15) is 0 Å². The Hall–Kier alpha value is -2.41. The van der Waals surface area contributed by atoms with Gasteiger partial charge in [0.25, 0.3) is 0 Å². The number of aryl methyl sites for hydroxylation is 2. The minimum atomic E-state index is 0.0770. The molecule has 3 aromatic heterocycles. The van der Waals surface area contributed by atoms with Gasteiger partial charge in [-0.3, -0.25) is 4.68 Å². The van der Waals surface area contributed by atoms with Crippen LogP contribution in [0.2, 0.25) is 0 Å². The normalized spacial score (nSPS) is 12.7. The van der Waals surface area contributed by atoms with E-state index in [1.165, 1.54) is 0 Å². The van der Waals surface area contributed by atoms with Crippen LogP contribution in [0.25, 0.3) is 5.65 Å². The van der Waals surface area contributed by atoms with Crippen molar-refractivity contribution < 1.29 is 5.11 Å². The molecule has 1 atom stereocenters. The van der Waals surface area contributed by atoms with Crippen LogP contribution in [0, 0.1) is 13.8 Å². The number of nitrogens with one attached hydrogen (secondary N) is 1. The van der Waals surface area contributed by atoms with Crippen LogP contribution < -0.4 is 5.32 Å². The molecule has 0 aliphatic carbocycles. The zero-order valence-corrected chi connectivity index (χ0v) is 13.0. The Morgan fingerprint density at radius 1 is 1.32 bits per heavy atom. The fourth-order valence-corrected chi connectivity index (χ4v) is 2.59. The van der Waals surface area contributed by atoms with Crippen LogP contribution >= 0.6 is 0 Å². The average molecular weight is 300 g/mol. The molecule has 3 rings (SSSR count). The molecule has 3 heterocycles. The molecule has 0 radical (unpaired) electrons. The van der Waals surface area contributed by atoms with Crippen LogP contribution in [-0.2, 0) is 6.54 Å². The third kappa shape index (κ3) is 2.67. The first kappa shape index (κ1) is 14.5. The second-order valence-electron chi connectivity index (χ2n) is 5.44. The monoisotopic (exact) mass is 300 g/mol. The molecule has 2 N–H and O–H groups in total. The van der Waals surface area contributed by atoms with Crippen molar-refractivity contribution in [2.24, 2.45) is 0 Å². The summed E-state index contributed by atoms with van der Waals surface area (Å²) < 4.78 is 3.58. The quantitative estimate of drug-likeness (QED) is 0.750. The first-order valence-corrected chi connectivity index (χ1v) is 7.30. The van der Waals surface area contributed by atoms with Gasteiger partial charge in [0.1, 0.15) is 0 Å². The zero-order valence-electron chi connectivity index (χ0n) is 13.0. The minimum absolute atomic E-state index is 0.0770. The zero-order chi connectivity index (χ0) is 15.7. The molecule has 1 unspecified atom stereocenters. The van der Waals surface area contributed by atoms with Crippen molar-refractivity contribution in [2.45, 2.75) is 33.4 Å². The van der Waals surface area contributed by atoms with Crippen LogP contribution in [-0.4, -0.2) is 36.1 Å². The lowest BCUT2D eigenvalue weighted by atomic mass is 10.1. The molecule has 0 aliphatic rings. The van der Waals surface area contributed by atoms with Gasteiger partial charge < -0.3 is 10.4 Å². The van der Waals surface area contributed by atoms with E-state index in [-0.39, 0.29) is 12.6 Å². The summed E-state index contributed by atoms with van der Waals surface area (Å²) in [6.45, 7) is 6.66. The van der Waals surface area contributed by atoms with E-state index in [4.69, 9.17) is 5.11 Å². The highest BCUT2D eigenvalue weighted by Gasteiger charge is 2.13. The van der Waals surface area contributed by atoms with Crippen molar-refractivity contribution in [3.8, 4) is 0 Å². The highest BCUT2D eigenvalue weighted by Crippen LogP contribution is 2.22. The first-order chi connectivity index (χ1) is 10.6. The highest BCUT2D eigenvalue weighted by atomic mass is 16.3. The number of fused-ring (bicyclic) bond motifs is 1. The maximum Gasteiger partial charge on any atom is 0.155 e. The van der Waals surface area contributed by atoms with E-state index in [0.29, 0.717) is 6.54 Å². The topological polar surface area (TPSA) is 80.3 Å². The maximum atomic E-state index is 8.93. The van der Waals surface area contributed by atoms with Gasteiger partial charge >= 0.3 is 0 Å². The standard InChI is InChI=1S/C15H20N6O/c1-10-6-15-16-8-14(12(3)21(15)19-10)11(2)18-13-7-17-20(9-13)4-5-22/h6-9,11,18,22H,4-5H2,1-3H3. The molecular formula is C15H20N6O. The summed E-state index contributed by atoms with van der Waals surface area (Å²) in [5.74, 6) is 0. The molecule has 7 nitrogen and oxygen atoms in total. The maximum absolute atomic E-state index is 8.93. The van der Waals surface area contributed by atoms with Crippen LogP contribution in [0.15, 0.2) is 24.7 Å². The fraction of sp³-hybridized carbons (Fsp3) is 0.400. The predicted octanol–water partition coefficient (Wildman–Crippen LogP) is 1.71. The number of rotatable bonds is 5. The molecule has 0 aromatic carbocycles. The molecule has 22 heavy (non-hydrogen) atoms. The Bertz CT molecular complexity index is 791. The SMILES string of the molecule is Cc1cc2ncc(C(C)Nc3cnn(CCO)c3)c(C)n2n1. The average Bonchev–Trinajstić information content (AvgIpc) is 3.06. The highest BCUT2D eigenvalue weighted by molar-refractivity contribution is 5.45. The third-order valence-electron chi connectivity index (χ3n) is 3.70. The Labute approximate surface area is 128 Å². The molecule has 0 amide bonds. The summed E-state index contributed by atoms with van der Waals surface area (Å²) in [6.07, 6.45) is 5.53. The molecule has 3 aromatic rings. The largest absolute Gasteiger partial charge is 0.394 e. The van der Waals surface area contributed by atoms with Crippen LogP contribution in [0.4, 0.5) is 5.69 Å². The Morgan fingerprint density at radius 2 is 2.14 bits per heavy atom. The second-order valence-corrected chi connectivity index (χ2v) is 5.44. The van der Waals surface area contributed by atoms with Crippen molar-refractivity contribution in [2.75, 3.05) is 11.9 Å². The Balaban J connectivity index is 1.84. The van der Waals surface area contributed by atoms with Crippen LogP contribution in [0.1, 0.15) is 29.9 Å². The number of hydrogen-bond donors (Lipinski definition) is 2. The fourth-order valence-electron chi connectivity index (χ4n) is 2.59. The van der Waals surface area contributed by atoms with Crippen LogP contribution in [0.5, 0.6) is 0 Å². The van der Waals surface area contributed by atoms with Gasteiger partial charge in [0.05, 0.1) is 36.8 Å². The molecule has 0 saturated heterocycles. The lowest BCUT2D eigenvalue weighted by molar-refractivity contribution is 0.269. The van der Waals surface area contributed by atoms with Crippen molar-refractivity contribution >= 4 is 11.3 Å². The summed E-state index contributed by atoms with van der Waals surface area (Å²) in [7, 11) is 0. The molecule has 0 bridgehead atoms. The summed E-state index contributed by atoms with van der Waals surface area (Å²) in [5, 5.41) is 21.0. The summed E-state index contributed by atoms with van der Waals surface area (Å²) in [5.41, 5.74) is 4.89. The van der Waals surface area contributed by atoms with Gasteiger partial charge in [0, 0.05) is 29.7 Å². The number of aromatic nitrogens is 5. The van der Waals surface area contributed by atoms with Gasteiger partial charge in [0.15, 0.2) is 5.65 Å². The smallest absolute Gasteiger partial charge is 0.155 e. The number of nitrogens with zero attached hydrogens (tertiary/aromatic N) is 5. The molecule has 0 spiro atoms. The predicted molar refractivity (Wildman–Crippen MR) is 83.8 cm³/mol. The lowest BCUT2D eigenvalue weighted by Crippen LogP contribution is -2.11. The van der Waals surface area contributed by atoms with Crippen molar-refractivity contribution in [1.29, 1.82) is 0 Å². The Kier molecular flexibility index (Phi) is 3.81. The van der Waals surface area contributed by atoms with E-state index in [1.807, 2.05) is 36.8 Å². The Morgan fingerprint density at radius 3 is 2.91 bits per heavy atom. The molecule has 0 saturated carbocycles. The van der Waals surface area contributed by atoms with E-state index in [0.717, 1.165) is 28.3 Å². The first-order valence-electron chi connectivity index (χ1n) is 7.30. The van der Waals surface area contributed by atoms with Gasteiger partial charge in [-0.15, -0.1) is 0 Å². The van der Waals surface area contributed by atoms with Crippen molar-refractivity contribution in [1.82, 2.24) is 24.4 Å². The second kappa shape index (κ2) is 5.76. The number of aliphatic hydroxyl groups excluding tert-OH is 1. The molecule has 116 valence electrons. The van der Waals surface area contributed by atoms with E-state index < -0.39 is 0 Å². The molecule has 0 aliphatic heterocycles. The number of hydrogen-bond acceptors (Lipinski definition) is 5. The molecule has 0 fully saturated rings.